The number of benzene rings is 1. The smallest absolute Gasteiger partial charge is 0.233 e. The first-order valence-corrected chi connectivity index (χ1v) is 12.2. The van der Waals surface area contributed by atoms with Crippen molar-refractivity contribution in [2.75, 3.05) is 52.3 Å². The van der Waals surface area contributed by atoms with Gasteiger partial charge in [0.15, 0.2) is 0 Å². The van der Waals surface area contributed by atoms with Crippen molar-refractivity contribution in [3.63, 3.8) is 0 Å². The monoisotopic (exact) mass is 449 g/mol. The van der Waals surface area contributed by atoms with E-state index < -0.39 is 5.41 Å². The number of hydrogen-bond acceptors (Lipinski definition) is 6. The molecule has 0 saturated carbocycles. The van der Waals surface area contributed by atoms with Crippen LogP contribution in [0.1, 0.15) is 53.4 Å². The highest BCUT2D eigenvalue weighted by molar-refractivity contribution is 5.89. The third-order valence-electron chi connectivity index (χ3n) is 7.67. The van der Waals surface area contributed by atoms with Gasteiger partial charge in [-0.3, -0.25) is 4.79 Å². The van der Waals surface area contributed by atoms with E-state index in [4.69, 9.17) is 14.7 Å². The number of nitrogens with zero attached hydrogens (tertiary/aromatic N) is 4. The lowest BCUT2D eigenvalue weighted by atomic mass is 9.72. The van der Waals surface area contributed by atoms with E-state index in [1.165, 1.54) is 11.1 Å². The van der Waals surface area contributed by atoms with Gasteiger partial charge in [-0.15, -0.1) is 0 Å². The molecule has 4 heterocycles. The number of likely N-dealkylation sites (tertiary alicyclic amines) is 1. The minimum Gasteiger partial charge on any atom is -0.381 e. The molecule has 2 saturated heterocycles. The Morgan fingerprint density at radius 3 is 2.79 bits per heavy atom. The van der Waals surface area contributed by atoms with Crippen molar-refractivity contribution >= 4 is 11.7 Å². The molecule has 1 aromatic carbocycles. The molecule has 0 bridgehead atoms. The van der Waals surface area contributed by atoms with E-state index in [0.29, 0.717) is 19.8 Å². The lowest BCUT2D eigenvalue weighted by Crippen LogP contribution is -2.49. The Kier molecular flexibility index (Phi) is 6.10. The summed E-state index contributed by atoms with van der Waals surface area (Å²) in [5.74, 6) is 2.24. The average Bonchev–Trinajstić information content (AvgIpc) is 3.33. The summed E-state index contributed by atoms with van der Waals surface area (Å²) in [6.07, 6.45) is 3.34. The molecule has 1 atom stereocenters. The van der Waals surface area contributed by atoms with Crippen LogP contribution in [0.2, 0.25) is 0 Å². The third-order valence-corrected chi connectivity index (χ3v) is 7.67. The van der Waals surface area contributed by atoms with Crippen LogP contribution in [0.25, 0.3) is 0 Å². The summed E-state index contributed by atoms with van der Waals surface area (Å²) in [6, 6.07) is 8.46. The zero-order valence-corrected chi connectivity index (χ0v) is 20.1. The van der Waals surface area contributed by atoms with Crippen LogP contribution in [0.15, 0.2) is 24.3 Å². The molecule has 0 spiro atoms. The van der Waals surface area contributed by atoms with Crippen LogP contribution in [0.3, 0.4) is 0 Å². The van der Waals surface area contributed by atoms with Crippen molar-refractivity contribution in [1.82, 2.24) is 19.8 Å². The molecule has 0 unspecified atom stereocenters. The second kappa shape index (κ2) is 9.03. The molecular formula is C26H35N5O2. The molecule has 1 amide bonds. The summed E-state index contributed by atoms with van der Waals surface area (Å²) < 4.78 is 5.66. The minimum atomic E-state index is -0.489. The summed E-state index contributed by atoms with van der Waals surface area (Å²) in [5.41, 5.74) is 4.20. The molecule has 1 N–H and O–H groups in total. The quantitative estimate of drug-likeness (QED) is 0.774. The Morgan fingerprint density at radius 2 is 2.03 bits per heavy atom. The van der Waals surface area contributed by atoms with Gasteiger partial charge in [0.1, 0.15) is 11.6 Å². The fourth-order valence-corrected chi connectivity index (χ4v) is 5.70. The first-order chi connectivity index (χ1) is 16.0. The molecule has 0 radical (unpaired) electrons. The van der Waals surface area contributed by atoms with Gasteiger partial charge in [0.05, 0.1) is 11.1 Å². The highest BCUT2D eigenvalue weighted by Gasteiger charge is 2.46. The standard InChI is InChI=1S/C26H35N5O2/c1-18-5-4-6-20(15-18)26(9-13-33-14-10-26)25(32)31-12-7-19(16-31)23-28-22-8-11-30(3)17-21(22)24(27-2)29-23/h4-6,15,19H,7-14,16-17H2,1-3H3,(H,27,28,29)/t19-/m1/s1. The number of fused-ring (bicyclic) bond motifs is 1. The summed E-state index contributed by atoms with van der Waals surface area (Å²) in [6.45, 7) is 6.70. The van der Waals surface area contributed by atoms with E-state index in [1.54, 1.807) is 0 Å². The van der Waals surface area contributed by atoms with Gasteiger partial charge in [0, 0.05) is 64.3 Å². The molecule has 2 aromatic rings. The normalized spacial score (nSPS) is 22.8. The number of aryl methyl sites for hydroxylation is 1. The Morgan fingerprint density at radius 1 is 1.21 bits per heavy atom. The maximum absolute atomic E-state index is 14.0. The van der Waals surface area contributed by atoms with Crippen LogP contribution in [-0.2, 0) is 27.9 Å². The number of anilines is 1. The van der Waals surface area contributed by atoms with Gasteiger partial charge in [-0.2, -0.15) is 0 Å². The van der Waals surface area contributed by atoms with Crippen LogP contribution in [0.4, 0.5) is 5.82 Å². The van der Waals surface area contributed by atoms with Gasteiger partial charge >= 0.3 is 0 Å². The van der Waals surface area contributed by atoms with Gasteiger partial charge < -0.3 is 19.9 Å². The van der Waals surface area contributed by atoms with Crippen molar-refractivity contribution in [3.05, 3.63) is 52.5 Å². The van der Waals surface area contributed by atoms with E-state index in [2.05, 4.69) is 53.4 Å². The van der Waals surface area contributed by atoms with Crippen LogP contribution >= 0.6 is 0 Å². The second-order valence-electron chi connectivity index (χ2n) is 9.89. The molecule has 1 aromatic heterocycles. The molecule has 2 fully saturated rings. The minimum absolute atomic E-state index is 0.181. The number of hydrogen-bond donors (Lipinski definition) is 1. The highest BCUT2D eigenvalue weighted by Crippen LogP contribution is 2.39. The molecule has 0 aliphatic carbocycles. The average molecular weight is 450 g/mol. The summed E-state index contributed by atoms with van der Waals surface area (Å²) in [4.78, 5) is 28.3. The lowest BCUT2D eigenvalue weighted by molar-refractivity contribution is -0.140. The largest absolute Gasteiger partial charge is 0.381 e. The number of carbonyl (C=O) groups excluding carboxylic acids is 1. The molecule has 7 heteroatoms. The Bertz CT molecular complexity index is 1020. The number of aromatic nitrogens is 2. The van der Waals surface area contributed by atoms with Gasteiger partial charge in [0.25, 0.3) is 0 Å². The lowest BCUT2D eigenvalue weighted by Gasteiger charge is -2.39. The summed E-state index contributed by atoms with van der Waals surface area (Å²) >= 11 is 0. The van der Waals surface area contributed by atoms with E-state index in [1.807, 2.05) is 7.05 Å². The van der Waals surface area contributed by atoms with Gasteiger partial charge in [-0.1, -0.05) is 29.8 Å². The fourth-order valence-electron chi connectivity index (χ4n) is 5.70. The molecule has 33 heavy (non-hydrogen) atoms. The van der Waals surface area contributed by atoms with E-state index in [9.17, 15) is 4.79 Å². The van der Waals surface area contributed by atoms with Crippen LogP contribution in [0.5, 0.6) is 0 Å². The molecule has 3 aliphatic rings. The van der Waals surface area contributed by atoms with Crippen molar-refractivity contribution in [2.24, 2.45) is 0 Å². The zero-order chi connectivity index (χ0) is 23.0. The Labute approximate surface area is 196 Å². The van der Waals surface area contributed by atoms with Crippen LogP contribution in [-0.4, -0.2) is 72.6 Å². The number of likely N-dealkylation sites (N-methyl/N-ethyl adjacent to an activating group) is 1. The van der Waals surface area contributed by atoms with Gasteiger partial charge in [-0.05, 0) is 38.8 Å². The van der Waals surface area contributed by atoms with Crippen molar-refractivity contribution < 1.29 is 9.53 Å². The number of amides is 1. The maximum atomic E-state index is 14.0. The van der Waals surface area contributed by atoms with E-state index in [-0.39, 0.29) is 11.8 Å². The number of nitrogens with one attached hydrogen (secondary N) is 1. The predicted octanol–water partition coefficient (Wildman–Crippen LogP) is 2.88. The molecule has 5 rings (SSSR count). The number of carbonyl (C=O) groups is 1. The fraction of sp³-hybridized carbons (Fsp3) is 0.577. The summed E-state index contributed by atoms with van der Waals surface area (Å²) in [5, 5.41) is 3.29. The molecular weight excluding hydrogens is 414 g/mol. The first kappa shape index (κ1) is 22.3. The topological polar surface area (TPSA) is 70.6 Å². The zero-order valence-electron chi connectivity index (χ0n) is 20.1. The van der Waals surface area contributed by atoms with Gasteiger partial charge in [-0.25, -0.2) is 9.97 Å². The first-order valence-electron chi connectivity index (χ1n) is 12.2. The highest BCUT2D eigenvalue weighted by atomic mass is 16.5. The van der Waals surface area contributed by atoms with E-state index >= 15 is 0 Å². The third kappa shape index (κ3) is 4.13. The van der Waals surface area contributed by atoms with Crippen LogP contribution in [0, 0.1) is 6.92 Å². The SMILES string of the molecule is CNc1nc([C@@H]2CCN(C(=O)C3(c4cccc(C)c4)CCOCC3)C2)nc2c1CN(C)CC2. The van der Waals surface area contributed by atoms with Crippen molar-refractivity contribution in [1.29, 1.82) is 0 Å². The van der Waals surface area contributed by atoms with Crippen molar-refractivity contribution in [3.8, 4) is 0 Å². The second-order valence-corrected chi connectivity index (χ2v) is 9.89. The number of rotatable bonds is 4. The maximum Gasteiger partial charge on any atom is 0.233 e. The molecule has 3 aliphatic heterocycles. The Hall–Kier alpha value is -2.51. The number of ether oxygens (including phenoxy) is 1. The van der Waals surface area contributed by atoms with Crippen LogP contribution < -0.4 is 5.32 Å². The van der Waals surface area contributed by atoms with E-state index in [0.717, 1.165) is 68.2 Å². The Balaban J connectivity index is 1.40. The van der Waals surface area contributed by atoms with Gasteiger partial charge in [0.2, 0.25) is 5.91 Å². The molecule has 176 valence electrons. The summed E-state index contributed by atoms with van der Waals surface area (Å²) in [7, 11) is 4.07. The predicted molar refractivity (Wildman–Crippen MR) is 128 cm³/mol. The molecule has 7 nitrogen and oxygen atoms in total. The van der Waals surface area contributed by atoms with Crippen molar-refractivity contribution in [2.45, 2.75) is 50.5 Å².